The smallest absolute Gasteiger partial charge is 0.122 e. The van der Waals surface area contributed by atoms with Crippen LogP contribution in [-0.4, -0.2) is 20.8 Å². The fraction of sp³-hybridized carbons (Fsp3) is 0.455. The second kappa shape index (κ2) is 5.98. The lowest BCUT2D eigenvalue weighted by atomic mass is 9.63. The van der Waals surface area contributed by atoms with Gasteiger partial charge in [-0.15, -0.1) is 0 Å². The van der Waals surface area contributed by atoms with Crippen molar-refractivity contribution in [3.63, 3.8) is 0 Å². The summed E-state index contributed by atoms with van der Waals surface area (Å²) < 4.78 is 11.0. The summed E-state index contributed by atoms with van der Waals surface area (Å²) in [5.41, 5.74) is 7.06. The van der Waals surface area contributed by atoms with Crippen LogP contribution in [0.4, 0.5) is 11.4 Å². The molecule has 1 fully saturated rings. The van der Waals surface area contributed by atoms with Crippen molar-refractivity contribution in [1.82, 2.24) is 0 Å². The minimum absolute atomic E-state index is 0.430. The molecule has 4 rings (SSSR count). The van der Waals surface area contributed by atoms with E-state index < -0.39 is 0 Å². The molecule has 0 amide bonds. The van der Waals surface area contributed by atoms with Gasteiger partial charge in [0.15, 0.2) is 0 Å². The normalized spacial score (nSPS) is 17.8. The molecule has 0 saturated heterocycles. The fourth-order valence-electron chi connectivity index (χ4n) is 4.53. The Balaban J connectivity index is 1.85. The molecule has 0 atom stereocenters. The molecular weight excluding hydrogens is 310 g/mol. The summed E-state index contributed by atoms with van der Waals surface area (Å²) in [7, 11) is 3.49. The Hall–Kier alpha value is -2.16. The monoisotopic (exact) mass is 337 g/mol. The third-order valence-corrected chi connectivity index (χ3v) is 6.24. The Morgan fingerprint density at radius 3 is 2.24 bits per heavy atom. The van der Waals surface area contributed by atoms with Gasteiger partial charge in [0.1, 0.15) is 11.5 Å². The van der Waals surface area contributed by atoms with Crippen molar-refractivity contribution in [2.45, 2.75) is 39.5 Å². The molecule has 1 saturated carbocycles. The predicted octanol–water partition coefficient (Wildman–Crippen LogP) is 5.19. The largest absolute Gasteiger partial charge is 0.497 e. The fourth-order valence-corrected chi connectivity index (χ4v) is 4.53. The number of methoxy groups -OCH3 is 2. The van der Waals surface area contributed by atoms with Gasteiger partial charge in [-0.05, 0) is 85.5 Å². The summed E-state index contributed by atoms with van der Waals surface area (Å²) in [5.74, 6) is 1.92. The van der Waals surface area contributed by atoms with Crippen LogP contribution in [0.2, 0.25) is 0 Å². The zero-order valence-electron chi connectivity index (χ0n) is 15.7. The van der Waals surface area contributed by atoms with Gasteiger partial charge < -0.3 is 14.4 Å². The lowest BCUT2D eigenvalue weighted by Gasteiger charge is -2.50. The van der Waals surface area contributed by atoms with Gasteiger partial charge in [0.05, 0.1) is 14.2 Å². The van der Waals surface area contributed by atoms with Crippen molar-refractivity contribution in [2.75, 3.05) is 25.7 Å². The molecule has 0 N–H and O–H groups in total. The molecule has 3 heteroatoms. The molecule has 2 aromatic carbocycles. The second-order valence-corrected chi connectivity index (χ2v) is 7.65. The molecule has 0 aromatic heterocycles. The third-order valence-electron chi connectivity index (χ3n) is 6.24. The third kappa shape index (κ3) is 2.57. The van der Waals surface area contributed by atoms with E-state index in [1.165, 1.54) is 53.7 Å². The average Bonchev–Trinajstić information content (AvgIpc) is 2.62. The van der Waals surface area contributed by atoms with Crippen molar-refractivity contribution in [2.24, 2.45) is 5.41 Å². The summed E-state index contributed by atoms with van der Waals surface area (Å²) in [6, 6.07) is 10.7. The Morgan fingerprint density at radius 2 is 1.68 bits per heavy atom. The molecule has 1 aliphatic carbocycles. The van der Waals surface area contributed by atoms with Crippen LogP contribution in [0.3, 0.4) is 0 Å². The quantitative estimate of drug-likeness (QED) is 0.770. The van der Waals surface area contributed by atoms with Crippen LogP contribution in [0, 0.1) is 19.3 Å². The molecule has 25 heavy (non-hydrogen) atoms. The Morgan fingerprint density at radius 1 is 0.960 bits per heavy atom. The Kier molecular flexibility index (Phi) is 3.90. The van der Waals surface area contributed by atoms with Crippen molar-refractivity contribution >= 4 is 11.4 Å². The summed E-state index contributed by atoms with van der Waals surface area (Å²) in [6.07, 6.45) is 5.18. The minimum atomic E-state index is 0.430. The van der Waals surface area contributed by atoms with E-state index >= 15 is 0 Å². The van der Waals surface area contributed by atoms with Gasteiger partial charge in [0, 0.05) is 17.9 Å². The van der Waals surface area contributed by atoms with Crippen molar-refractivity contribution < 1.29 is 9.47 Å². The highest BCUT2D eigenvalue weighted by molar-refractivity contribution is 5.75. The number of nitrogens with zero attached hydrogens (tertiary/aromatic N) is 1. The van der Waals surface area contributed by atoms with Gasteiger partial charge in [0.25, 0.3) is 0 Å². The highest BCUT2D eigenvalue weighted by Crippen LogP contribution is 2.53. The lowest BCUT2D eigenvalue weighted by molar-refractivity contribution is 0.138. The van der Waals surface area contributed by atoms with E-state index in [9.17, 15) is 0 Å². The number of fused-ring (bicyclic) bond motifs is 1. The summed E-state index contributed by atoms with van der Waals surface area (Å²) in [5, 5.41) is 0. The first kappa shape index (κ1) is 16.3. The maximum Gasteiger partial charge on any atom is 0.122 e. The van der Waals surface area contributed by atoms with Crippen LogP contribution in [0.5, 0.6) is 11.5 Å². The summed E-state index contributed by atoms with van der Waals surface area (Å²) >= 11 is 0. The standard InChI is InChI=1S/C22H27NO2/c1-15-16(2)21-17(12-20(15)25-4)13-22(10-5-11-22)14-23(21)18-6-8-19(24-3)9-7-18/h6-9,12H,5,10-11,13-14H2,1-4H3. The van der Waals surface area contributed by atoms with E-state index in [0.717, 1.165) is 18.0 Å². The molecule has 0 bridgehead atoms. The topological polar surface area (TPSA) is 21.7 Å². The predicted molar refractivity (Wildman–Crippen MR) is 102 cm³/mol. The van der Waals surface area contributed by atoms with Gasteiger partial charge in [-0.1, -0.05) is 6.42 Å². The van der Waals surface area contributed by atoms with Gasteiger partial charge in [0.2, 0.25) is 0 Å². The first-order valence-electron chi connectivity index (χ1n) is 9.15. The van der Waals surface area contributed by atoms with Crippen LogP contribution in [-0.2, 0) is 6.42 Å². The van der Waals surface area contributed by atoms with E-state index in [-0.39, 0.29) is 0 Å². The highest BCUT2D eigenvalue weighted by atomic mass is 16.5. The van der Waals surface area contributed by atoms with Crippen molar-refractivity contribution in [1.29, 1.82) is 0 Å². The molecule has 0 radical (unpaired) electrons. The second-order valence-electron chi connectivity index (χ2n) is 7.65. The molecule has 2 aliphatic rings. The zero-order valence-corrected chi connectivity index (χ0v) is 15.7. The Labute approximate surface area is 150 Å². The van der Waals surface area contributed by atoms with Gasteiger partial charge in [-0.3, -0.25) is 0 Å². The minimum Gasteiger partial charge on any atom is -0.497 e. The van der Waals surface area contributed by atoms with E-state index in [4.69, 9.17) is 9.47 Å². The number of hydrogen-bond donors (Lipinski definition) is 0. The molecule has 3 nitrogen and oxygen atoms in total. The van der Waals surface area contributed by atoms with E-state index in [0.29, 0.717) is 5.41 Å². The SMILES string of the molecule is COc1ccc(N2CC3(CCC3)Cc3cc(OC)c(C)c(C)c32)cc1. The summed E-state index contributed by atoms with van der Waals surface area (Å²) in [4.78, 5) is 2.53. The van der Waals surface area contributed by atoms with Crippen LogP contribution < -0.4 is 14.4 Å². The van der Waals surface area contributed by atoms with Gasteiger partial charge in [-0.2, -0.15) is 0 Å². The van der Waals surface area contributed by atoms with Crippen LogP contribution in [0.25, 0.3) is 0 Å². The highest BCUT2D eigenvalue weighted by Gasteiger charge is 2.43. The maximum absolute atomic E-state index is 5.65. The maximum atomic E-state index is 5.65. The lowest BCUT2D eigenvalue weighted by Crippen LogP contribution is -2.46. The Bertz CT molecular complexity index is 791. The summed E-state index contributed by atoms with van der Waals surface area (Å²) in [6.45, 7) is 5.50. The van der Waals surface area contributed by atoms with Gasteiger partial charge >= 0.3 is 0 Å². The average molecular weight is 337 g/mol. The number of ether oxygens (including phenoxy) is 2. The molecule has 1 spiro atoms. The van der Waals surface area contributed by atoms with E-state index in [1.807, 2.05) is 0 Å². The molecule has 132 valence electrons. The van der Waals surface area contributed by atoms with Gasteiger partial charge in [-0.25, -0.2) is 0 Å². The van der Waals surface area contributed by atoms with Crippen LogP contribution >= 0.6 is 0 Å². The molecule has 2 aromatic rings. The number of hydrogen-bond acceptors (Lipinski definition) is 3. The van der Waals surface area contributed by atoms with Crippen LogP contribution in [0.15, 0.2) is 30.3 Å². The number of rotatable bonds is 3. The first-order chi connectivity index (χ1) is 12.1. The first-order valence-corrected chi connectivity index (χ1v) is 9.15. The molecule has 1 aliphatic heterocycles. The molecule has 0 unspecified atom stereocenters. The van der Waals surface area contributed by atoms with Crippen molar-refractivity contribution in [3.05, 3.63) is 47.0 Å². The van der Waals surface area contributed by atoms with Crippen molar-refractivity contribution in [3.8, 4) is 11.5 Å². The molecular formula is C22H27NO2. The van der Waals surface area contributed by atoms with E-state index in [2.05, 4.69) is 49.1 Å². The number of anilines is 2. The van der Waals surface area contributed by atoms with Crippen LogP contribution in [0.1, 0.15) is 36.0 Å². The molecule has 1 heterocycles. The number of benzene rings is 2. The zero-order chi connectivity index (χ0) is 17.6. The van der Waals surface area contributed by atoms with E-state index in [1.54, 1.807) is 14.2 Å².